The highest BCUT2D eigenvalue weighted by molar-refractivity contribution is 7.98. The number of amides is 1. The molecule has 7 rings (SSSR count). The van der Waals surface area contributed by atoms with E-state index in [1.54, 1.807) is 22.6 Å². The lowest BCUT2D eigenvalue weighted by Crippen LogP contribution is -2.58. The van der Waals surface area contributed by atoms with Crippen LogP contribution in [0, 0.1) is 0 Å². The first-order valence-corrected chi connectivity index (χ1v) is 12.7. The number of thioether (sulfide) groups is 1. The van der Waals surface area contributed by atoms with Gasteiger partial charge in [0.2, 0.25) is 5.43 Å². The van der Waals surface area contributed by atoms with E-state index in [9.17, 15) is 14.7 Å². The number of hydrogen-bond donors (Lipinski definition) is 1. The van der Waals surface area contributed by atoms with Crippen LogP contribution in [-0.4, -0.2) is 39.4 Å². The van der Waals surface area contributed by atoms with E-state index < -0.39 is 16.7 Å². The fourth-order valence-corrected chi connectivity index (χ4v) is 6.64. The highest BCUT2D eigenvalue weighted by atomic mass is 32.2. The molecule has 4 aliphatic rings. The predicted octanol–water partition coefficient (Wildman–Crippen LogP) is 3.78. The van der Waals surface area contributed by atoms with Crippen molar-refractivity contribution in [2.45, 2.75) is 35.1 Å². The molecule has 176 valence electrons. The van der Waals surface area contributed by atoms with Crippen LogP contribution in [0.1, 0.15) is 46.1 Å². The SMILES string of the molecule is O=C1c2c(O)c(=O)ccn2N2CN1C1(/C=C/COc3cccc4c3[C@@H]2c2ccccc2SC4)CC1. The molecule has 3 aromatic rings. The zero-order valence-corrected chi connectivity index (χ0v) is 19.7. The van der Waals surface area contributed by atoms with Gasteiger partial charge in [-0.15, -0.1) is 11.8 Å². The van der Waals surface area contributed by atoms with E-state index in [1.165, 1.54) is 6.07 Å². The molecule has 1 spiro atoms. The number of carbonyl (C=O) groups is 1. The van der Waals surface area contributed by atoms with Crippen LogP contribution in [0.5, 0.6) is 11.5 Å². The van der Waals surface area contributed by atoms with E-state index >= 15 is 0 Å². The third kappa shape index (κ3) is 2.99. The largest absolute Gasteiger partial charge is 0.502 e. The molecule has 8 heteroatoms. The number of pyridine rings is 1. The van der Waals surface area contributed by atoms with Crippen molar-refractivity contribution in [3.63, 3.8) is 0 Å². The molecule has 1 saturated carbocycles. The molecule has 35 heavy (non-hydrogen) atoms. The van der Waals surface area contributed by atoms with E-state index in [4.69, 9.17) is 4.74 Å². The average Bonchev–Trinajstić information content (AvgIpc) is 3.67. The van der Waals surface area contributed by atoms with Crippen LogP contribution >= 0.6 is 11.8 Å². The Kier molecular flexibility index (Phi) is 4.39. The van der Waals surface area contributed by atoms with Gasteiger partial charge in [0.1, 0.15) is 25.1 Å². The molecule has 1 amide bonds. The Balaban J connectivity index is 1.56. The van der Waals surface area contributed by atoms with Crippen LogP contribution in [0.15, 0.2) is 76.6 Å². The smallest absolute Gasteiger partial charge is 0.278 e. The summed E-state index contributed by atoms with van der Waals surface area (Å²) in [6.45, 7) is 0.716. The normalized spacial score (nSPS) is 22.2. The van der Waals surface area contributed by atoms with Gasteiger partial charge in [0.05, 0.1) is 5.54 Å². The maximum atomic E-state index is 13.8. The molecule has 3 aliphatic heterocycles. The van der Waals surface area contributed by atoms with Gasteiger partial charge in [0, 0.05) is 28.5 Å². The molecule has 1 aliphatic carbocycles. The van der Waals surface area contributed by atoms with Crippen molar-refractivity contribution in [1.82, 2.24) is 9.58 Å². The van der Waals surface area contributed by atoms with Crippen molar-refractivity contribution in [1.29, 1.82) is 0 Å². The predicted molar refractivity (Wildman–Crippen MR) is 133 cm³/mol. The van der Waals surface area contributed by atoms with Crippen molar-refractivity contribution in [2.24, 2.45) is 0 Å². The number of fused-ring (bicyclic) bond motifs is 8. The number of carbonyl (C=O) groups excluding carboxylic acids is 1. The maximum absolute atomic E-state index is 13.8. The second-order valence-electron chi connectivity index (χ2n) is 9.41. The number of nitrogens with zero attached hydrogens (tertiary/aromatic N) is 3. The highest BCUT2D eigenvalue weighted by Crippen LogP contribution is 2.49. The summed E-state index contributed by atoms with van der Waals surface area (Å²) in [5.41, 5.74) is 2.31. The summed E-state index contributed by atoms with van der Waals surface area (Å²) >= 11 is 1.78. The first-order valence-electron chi connectivity index (χ1n) is 11.7. The first kappa shape index (κ1) is 20.7. The van der Waals surface area contributed by atoms with Crippen molar-refractivity contribution >= 4 is 17.7 Å². The minimum atomic E-state index is -0.558. The number of benzene rings is 2. The van der Waals surface area contributed by atoms with Crippen LogP contribution < -0.4 is 15.2 Å². The number of hydrogen-bond acceptors (Lipinski definition) is 6. The fraction of sp³-hybridized carbons (Fsp3) is 0.259. The molecular formula is C27H23N3O4S. The first-order chi connectivity index (χ1) is 17.1. The lowest BCUT2D eigenvalue weighted by molar-refractivity contribution is 0.0605. The molecule has 1 N–H and O–H groups in total. The summed E-state index contributed by atoms with van der Waals surface area (Å²) in [6, 6.07) is 15.5. The molecule has 0 unspecified atom stereocenters. The van der Waals surface area contributed by atoms with Crippen molar-refractivity contribution in [3.8, 4) is 11.5 Å². The molecule has 0 radical (unpaired) electrons. The molecular weight excluding hydrogens is 462 g/mol. The summed E-state index contributed by atoms with van der Waals surface area (Å²) in [5, 5.41) is 12.9. The summed E-state index contributed by atoms with van der Waals surface area (Å²) in [5.74, 6) is 0.751. The van der Waals surface area contributed by atoms with Gasteiger partial charge in [0.25, 0.3) is 5.91 Å². The summed E-state index contributed by atoms with van der Waals surface area (Å²) < 4.78 is 8.00. The van der Waals surface area contributed by atoms with E-state index in [-0.39, 0.29) is 17.6 Å². The average molecular weight is 486 g/mol. The number of ether oxygens (including phenoxy) is 1. The minimum absolute atomic E-state index is 0.0111. The summed E-state index contributed by atoms with van der Waals surface area (Å²) in [7, 11) is 0. The van der Waals surface area contributed by atoms with Crippen LogP contribution in [0.4, 0.5) is 0 Å². The molecule has 1 aromatic heterocycles. The Morgan fingerprint density at radius 2 is 1.91 bits per heavy atom. The standard InChI is InChI=1S/C27H23N3O4S/c31-19-9-13-29-24(25(19)32)26(33)28-16-30(29)23-18-6-1-2-8-21(18)35-15-17-5-3-7-20(22(17)23)34-14-4-10-27(28)11-12-27/h1-10,13,23,32H,11-12,14-16H2/b10-4+/t23-/m0/s1. The summed E-state index contributed by atoms with van der Waals surface area (Å²) in [6.07, 6.45) is 7.30. The third-order valence-electron chi connectivity index (χ3n) is 7.45. The lowest BCUT2D eigenvalue weighted by Gasteiger charge is -2.46. The number of aromatic hydroxyl groups is 1. The van der Waals surface area contributed by atoms with Crippen molar-refractivity contribution < 1.29 is 14.6 Å². The van der Waals surface area contributed by atoms with E-state index in [0.29, 0.717) is 13.3 Å². The quantitative estimate of drug-likeness (QED) is 0.489. The second-order valence-corrected chi connectivity index (χ2v) is 10.4. The van der Waals surface area contributed by atoms with Gasteiger partial charge in [-0.1, -0.05) is 36.4 Å². The number of aromatic nitrogens is 1. The van der Waals surface area contributed by atoms with Gasteiger partial charge < -0.3 is 14.7 Å². The molecule has 1 atom stereocenters. The lowest BCUT2D eigenvalue weighted by atomic mass is 9.93. The maximum Gasteiger partial charge on any atom is 0.278 e. The van der Waals surface area contributed by atoms with Crippen LogP contribution in [0.25, 0.3) is 0 Å². The van der Waals surface area contributed by atoms with Crippen LogP contribution in [0.3, 0.4) is 0 Å². The Hall–Kier alpha value is -3.65. The molecule has 2 aromatic carbocycles. The molecule has 1 fully saturated rings. The van der Waals surface area contributed by atoms with Gasteiger partial charge in [-0.25, -0.2) is 0 Å². The zero-order valence-electron chi connectivity index (χ0n) is 18.9. The summed E-state index contributed by atoms with van der Waals surface area (Å²) in [4.78, 5) is 29.2. The highest BCUT2D eigenvalue weighted by Gasteiger charge is 2.52. The Morgan fingerprint density at radius 1 is 1.06 bits per heavy atom. The third-order valence-corrected chi connectivity index (χ3v) is 8.59. The van der Waals surface area contributed by atoms with Crippen LogP contribution in [-0.2, 0) is 5.75 Å². The van der Waals surface area contributed by atoms with Gasteiger partial charge >= 0.3 is 0 Å². The van der Waals surface area contributed by atoms with Crippen molar-refractivity contribution in [2.75, 3.05) is 18.3 Å². The second kappa shape index (κ2) is 7.42. The van der Waals surface area contributed by atoms with Crippen LogP contribution in [0.2, 0.25) is 0 Å². The van der Waals surface area contributed by atoms with Crippen molar-refractivity contribution in [3.05, 3.63) is 99.5 Å². The zero-order chi connectivity index (χ0) is 23.7. The molecule has 2 bridgehead atoms. The van der Waals surface area contributed by atoms with E-state index in [2.05, 4.69) is 29.3 Å². The fourth-order valence-electron chi connectivity index (χ4n) is 5.55. The Bertz CT molecular complexity index is 1480. The minimum Gasteiger partial charge on any atom is -0.502 e. The monoisotopic (exact) mass is 485 g/mol. The number of rotatable bonds is 0. The van der Waals surface area contributed by atoms with Gasteiger partial charge in [-0.2, -0.15) is 0 Å². The van der Waals surface area contributed by atoms with Gasteiger partial charge in [-0.3, -0.25) is 19.3 Å². The van der Waals surface area contributed by atoms with Gasteiger partial charge in [-0.05, 0) is 42.2 Å². The Labute approximate surface area is 206 Å². The molecule has 4 heterocycles. The topological polar surface area (TPSA) is 75.0 Å². The van der Waals surface area contributed by atoms with Gasteiger partial charge in [0.15, 0.2) is 11.4 Å². The molecule has 7 nitrogen and oxygen atoms in total. The Morgan fingerprint density at radius 3 is 2.77 bits per heavy atom. The molecule has 0 saturated heterocycles. The van der Waals surface area contributed by atoms with E-state index in [0.717, 1.165) is 45.9 Å². The van der Waals surface area contributed by atoms with E-state index in [1.807, 2.05) is 35.2 Å².